The molecule has 0 unspecified atom stereocenters. The molecule has 1 fully saturated rings. The van der Waals surface area contributed by atoms with E-state index in [1.165, 1.54) is 50.2 Å². The molecular formula is C16H23F3N4O. The topological polar surface area (TPSA) is 62.9 Å². The van der Waals surface area contributed by atoms with Gasteiger partial charge in [-0.25, -0.2) is 0 Å². The van der Waals surface area contributed by atoms with Crippen molar-refractivity contribution in [3.05, 3.63) is 24.3 Å². The van der Waals surface area contributed by atoms with E-state index in [4.69, 9.17) is 5.73 Å². The molecule has 1 heterocycles. The number of guanidine groups is 1. The number of rotatable bonds is 7. The monoisotopic (exact) mass is 344 g/mol. The predicted molar refractivity (Wildman–Crippen MR) is 88.1 cm³/mol. The molecule has 2 rings (SSSR count). The summed E-state index contributed by atoms with van der Waals surface area (Å²) in [5.74, 6) is -0.0221. The molecule has 1 aliphatic heterocycles. The molecule has 1 aliphatic rings. The van der Waals surface area contributed by atoms with Crippen LogP contribution in [0, 0.1) is 0 Å². The zero-order chi connectivity index (χ0) is 17.4. The number of ether oxygens (including phenoxy) is 1. The number of nitrogens with zero attached hydrogens (tertiary/aromatic N) is 2. The number of alkyl halides is 3. The average Bonchev–Trinajstić information content (AvgIpc) is 3.01. The summed E-state index contributed by atoms with van der Waals surface area (Å²) in [6, 6.07) is 5.35. The van der Waals surface area contributed by atoms with Crippen molar-refractivity contribution in [2.75, 3.05) is 31.5 Å². The first kappa shape index (κ1) is 18.4. The van der Waals surface area contributed by atoms with Crippen molar-refractivity contribution in [2.45, 2.75) is 32.0 Å². The molecule has 24 heavy (non-hydrogen) atoms. The smallest absolute Gasteiger partial charge is 0.406 e. The Kier molecular flexibility index (Phi) is 6.72. The van der Waals surface area contributed by atoms with Crippen LogP contribution in [0.3, 0.4) is 0 Å². The van der Waals surface area contributed by atoms with E-state index in [1.54, 1.807) is 0 Å². The fourth-order valence-corrected chi connectivity index (χ4v) is 2.58. The molecule has 3 N–H and O–H groups in total. The van der Waals surface area contributed by atoms with E-state index in [1.807, 2.05) is 0 Å². The minimum Gasteiger partial charge on any atom is -0.406 e. The number of unbranched alkanes of at least 4 members (excludes halogenated alkanes) is 1. The Labute approximate surface area is 139 Å². The molecule has 1 aromatic rings. The van der Waals surface area contributed by atoms with Crippen molar-refractivity contribution >= 4 is 11.6 Å². The van der Waals surface area contributed by atoms with Gasteiger partial charge in [-0.3, -0.25) is 4.99 Å². The molecule has 5 nitrogen and oxygen atoms in total. The lowest BCUT2D eigenvalue weighted by Crippen LogP contribution is -2.23. The quantitative estimate of drug-likeness (QED) is 0.453. The molecule has 8 heteroatoms. The highest BCUT2D eigenvalue weighted by Gasteiger charge is 2.30. The second kappa shape index (κ2) is 8.77. The van der Waals surface area contributed by atoms with Crippen molar-refractivity contribution in [3.63, 3.8) is 0 Å². The molecule has 0 spiro atoms. The molecule has 0 aromatic heterocycles. The number of hydrogen-bond donors (Lipinski definition) is 2. The predicted octanol–water partition coefficient (Wildman–Crippen LogP) is 3.19. The number of benzene rings is 1. The lowest BCUT2D eigenvalue weighted by Gasteiger charge is -2.13. The van der Waals surface area contributed by atoms with Crippen LogP contribution in [-0.4, -0.2) is 43.4 Å². The zero-order valence-corrected chi connectivity index (χ0v) is 13.5. The summed E-state index contributed by atoms with van der Waals surface area (Å²) in [5.41, 5.74) is 6.33. The molecular weight excluding hydrogens is 321 g/mol. The Morgan fingerprint density at radius 3 is 2.46 bits per heavy atom. The minimum atomic E-state index is -4.69. The fourth-order valence-electron chi connectivity index (χ4n) is 2.58. The highest BCUT2D eigenvalue weighted by atomic mass is 19.4. The van der Waals surface area contributed by atoms with E-state index in [9.17, 15) is 13.2 Å². The van der Waals surface area contributed by atoms with Gasteiger partial charge in [-0.15, -0.1) is 13.2 Å². The standard InChI is InChI=1S/C16H23F3N4O/c17-16(18,19)24-14-7-5-13(6-8-14)22-15(20)21-9-1-2-10-23-11-3-4-12-23/h5-8H,1-4,9-12H2,(H3,20,21,22). The maximum atomic E-state index is 12.1. The van der Waals surface area contributed by atoms with Gasteiger partial charge < -0.3 is 20.7 Å². The van der Waals surface area contributed by atoms with Gasteiger partial charge in [0.25, 0.3) is 0 Å². The lowest BCUT2D eigenvalue weighted by molar-refractivity contribution is -0.274. The van der Waals surface area contributed by atoms with Crippen LogP contribution in [0.5, 0.6) is 5.75 Å². The van der Waals surface area contributed by atoms with Crippen LogP contribution in [0.2, 0.25) is 0 Å². The Hall–Kier alpha value is -1.96. The second-order valence-corrected chi connectivity index (χ2v) is 5.72. The van der Waals surface area contributed by atoms with E-state index in [0.29, 0.717) is 12.2 Å². The van der Waals surface area contributed by atoms with E-state index in [-0.39, 0.29) is 11.7 Å². The summed E-state index contributed by atoms with van der Waals surface area (Å²) in [6.07, 6.45) is -0.0638. The first-order chi connectivity index (χ1) is 11.4. The van der Waals surface area contributed by atoms with Gasteiger partial charge in [-0.05, 0) is 69.6 Å². The summed E-state index contributed by atoms with van der Waals surface area (Å²) in [7, 11) is 0. The second-order valence-electron chi connectivity index (χ2n) is 5.72. The zero-order valence-electron chi connectivity index (χ0n) is 13.5. The SMILES string of the molecule is NC(=NCCCCN1CCCC1)Nc1ccc(OC(F)(F)F)cc1. The summed E-state index contributed by atoms with van der Waals surface area (Å²) in [5, 5.41) is 2.84. The molecule has 0 amide bonds. The van der Waals surface area contributed by atoms with Gasteiger partial charge in [0.2, 0.25) is 0 Å². The van der Waals surface area contributed by atoms with Gasteiger partial charge >= 0.3 is 6.36 Å². The third kappa shape index (κ3) is 7.08. The van der Waals surface area contributed by atoms with Crippen molar-refractivity contribution in [1.29, 1.82) is 0 Å². The molecule has 0 saturated carbocycles. The molecule has 134 valence electrons. The Bertz CT molecular complexity index is 525. The minimum absolute atomic E-state index is 0.251. The van der Waals surface area contributed by atoms with Crippen molar-refractivity contribution in [1.82, 2.24) is 4.90 Å². The summed E-state index contributed by atoms with van der Waals surface area (Å²) in [6.45, 7) is 4.12. The molecule has 0 aliphatic carbocycles. The van der Waals surface area contributed by atoms with E-state index in [2.05, 4.69) is 19.9 Å². The van der Waals surface area contributed by atoms with Crippen LogP contribution < -0.4 is 15.8 Å². The first-order valence-electron chi connectivity index (χ1n) is 8.07. The first-order valence-corrected chi connectivity index (χ1v) is 8.07. The van der Waals surface area contributed by atoms with Gasteiger partial charge in [-0.2, -0.15) is 0 Å². The largest absolute Gasteiger partial charge is 0.573 e. The molecule has 0 radical (unpaired) electrons. The number of anilines is 1. The lowest BCUT2D eigenvalue weighted by atomic mass is 10.3. The van der Waals surface area contributed by atoms with Gasteiger partial charge in [0.1, 0.15) is 5.75 Å². The highest BCUT2D eigenvalue weighted by Crippen LogP contribution is 2.23. The number of nitrogens with one attached hydrogen (secondary N) is 1. The highest BCUT2D eigenvalue weighted by molar-refractivity contribution is 5.92. The Morgan fingerprint density at radius 2 is 1.83 bits per heavy atom. The maximum absolute atomic E-state index is 12.1. The molecule has 0 bridgehead atoms. The number of aliphatic imine (C=N–C) groups is 1. The third-order valence-corrected chi connectivity index (χ3v) is 3.72. The van der Waals surface area contributed by atoms with E-state index >= 15 is 0 Å². The van der Waals surface area contributed by atoms with Gasteiger partial charge in [0.05, 0.1) is 0 Å². The summed E-state index contributed by atoms with van der Waals surface area (Å²) >= 11 is 0. The van der Waals surface area contributed by atoms with Crippen LogP contribution in [0.4, 0.5) is 18.9 Å². The van der Waals surface area contributed by atoms with Crippen molar-refractivity contribution in [2.24, 2.45) is 10.7 Å². The van der Waals surface area contributed by atoms with Gasteiger partial charge in [0, 0.05) is 12.2 Å². The van der Waals surface area contributed by atoms with E-state index in [0.717, 1.165) is 19.4 Å². The molecule has 1 saturated heterocycles. The average molecular weight is 344 g/mol. The molecule has 0 atom stereocenters. The van der Waals surface area contributed by atoms with Gasteiger partial charge in [0.15, 0.2) is 5.96 Å². The van der Waals surface area contributed by atoms with E-state index < -0.39 is 6.36 Å². The number of nitrogens with two attached hydrogens (primary N) is 1. The van der Waals surface area contributed by atoms with Crippen molar-refractivity contribution in [3.8, 4) is 5.75 Å². The number of halogens is 3. The summed E-state index contributed by atoms with van der Waals surface area (Å²) in [4.78, 5) is 6.67. The van der Waals surface area contributed by atoms with Crippen LogP contribution in [-0.2, 0) is 0 Å². The van der Waals surface area contributed by atoms with Gasteiger partial charge in [-0.1, -0.05) is 0 Å². The van der Waals surface area contributed by atoms with Crippen molar-refractivity contribution < 1.29 is 17.9 Å². The molecule has 1 aromatic carbocycles. The third-order valence-electron chi connectivity index (χ3n) is 3.72. The Balaban J connectivity index is 1.67. The van der Waals surface area contributed by atoms with Crippen LogP contribution in [0.1, 0.15) is 25.7 Å². The Morgan fingerprint density at radius 1 is 1.17 bits per heavy atom. The number of likely N-dealkylation sites (tertiary alicyclic amines) is 1. The number of hydrogen-bond acceptors (Lipinski definition) is 3. The van der Waals surface area contributed by atoms with Crippen LogP contribution in [0.25, 0.3) is 0 Å². The summed E-state index contributed by atoms with van der Waals surface area (Å²) < 4.78 is 40.0. The normalized spacial score (nSPS) is 16.4. The maximum Gasteiger partial charge on any atom is 0.573 e. The van der Waals surface area contributed by atoms with Crippen LogP contribution >= 0.6 is 0 Å². The fraction of sp³-hybridized carbons (Fsp3) is 0.562. The van der Waals surface area contributed by atoms with Crippen LogP contribution in [0.15, 0.2) is 29.3 Å².